The van der Waals surface area contributed by atoms with Gasteiger partial charge in [0, 0.05) is 17.2 Å². The summed E-state index contributed by atoms with van der Waals surface area (Å²) in [6.45, 7) is 2.30. The number of aryl methyl sites for hydroxylation is 1. The van der Waals surface area contributed by atoms with Gasteiger partial charge >= 0.3 is 0 Å². The highest BCUT2D eigenvalue weighted by Crippen LogP contribution is 2.20. The second-order valence-corrected chi connectivity index (χ2v) is 3.90. The number of rotatable bonds is 3. The molecule has 3 nitrogen and oxygen atoms in total. The predicted octanol–water partition coefficient (Wildman–Crippen LogP) is 1.92. The zero-order chi connectivity index (χ0) is 10.6. The number of anilines is 1. The largest absolute Gasteiger partial charge is 0.376 e. The van der Waals surface area contributed by atoms with Crippen molar-refractivity contribution in [1.29, 1.82) is 0 Å². The molecular formula is C10H13BrN2O. The van der Waals surface area contributed by atoms with Crippen molar-refractivity contribution < 1.29 is 4.79 Å². The summed E-state index contributed by atoms with van der Waals surface area (Å²) in [6.07, 6.45) is 0. The molecule has 0 unspecified atom stereocenters. The Morgan fingerprint density at radius 1 is 1.50 bits per heavy atom. The van der Waals surface area contributed by atoms with Crippen LogP contribution in [0.15, 0.2) is 22.7 Å². The number of hydrogen-bond acceptors (Lipinski definition) is 2. The molecule has 0 aliphatic rings. The summed E-state index contributed by atoms with van der Waals surface area (Å²) in [7, 11) is 1.62. The van der Waals surface area contributed by atoms with Crippen molar-refractivity contribution in [3.8, 4) is 0 Å². The first-order valence-corrected chi connectivity index (χ1v) is 5.13. The van der Waals surface area contributed by atoms with E-state index in [0.29, 0.717) is 6.54 Å². The average Bonchev–Trinajstić information content (AvgIpc) is 2.19. The lowest BCUT2D eigenvalue weighted by atomic mass is 10.2. The first kappa shape index (κ1) is 11.0. The lowest BCUT2D eigenvalue weighted by molar-refractivity contribution is -0.118. The Balaban J connectivity index is 2.66. The Morgan fingerprint density at radius 2 is 2.21 bits per heavy atom. The first-order chi connectivity index (χ1) is 6.63. The molecular weight excluding hydrogens is 244 g/mol. The van der Waals surface area contributed by atoms with Crippen molar-refractivity contribution in [2.45, 2.75) is 6.92 Å². The summed E-state index contributed by atoms with van der Waals surface area (Å²) in [5, 5.41) is 5.62. The maximum absolute atomic E-state index is 11.0. The fourth-order valence-corrected chi connectivity index (χ4v) is 1.41. The lowest BCUT2D eigenvalue weighted by Gasteiger charge is -2.08. The van der Waals surface area contributed by atoms with Gasteiger partial charge in [-0.25, -0.2) is 0 Å². The van der Waals surface area contributed by atoms with Gasteiger partial charge in [0.2, 0.25) is 5.91 Å². The van der Waals surface area contributed by atoms with Crippen molar-refractivity contribution in [2.24, 2.45) is 0 Å². The number of halogens is 1. The van der Waals surface area contributed by atoms with Crippen LogP contribution in [-0.2, 0) is 4.79 Å². The van der Waals surface area contributed by atoms with E-state index in [1.165, 1.54) is 0 Å². The highest BCUT2D eigenvalue weighted by molar-refractivity contribution is 9.10. The highest BCUT2D eigenvalue weighted by atomic mass is 79.9. The van der Waals surface area contributed by atoms with E-state index in [2.05, 4.69) is 26.6 Å². The number of carbonyl (C=O) groups is 1. The Morgan fingerprint density at radius 3 is 2.86 bits per heavy atom. The molecule has 1 aromatic rings. The minimum Gasteiger partial charge on any atom is -0.376 e. The van der Waals surface area contributed by atoms with Crippen LogP contribution >= 0.6 is 15.9 Å². The van der Waals surface area contributed by atoms with Crippen LogP contribution in [0.4, 0.5) is 5.69 Å². The normalized spacial score (nSPS) is 9.64. The van der Waals surface area contributed by atoms with E-state index < -0.39 is 0 Å². The molecule has 76 valence electrons. The maximum atomic E-state index is 11.0. The van der Waals surface area contributed by atoms with Gasteiger partial charge in [-0.1, -0.05) is 22.0 Å². The Labute approximate surface area is 92.0 Å². The third-order valence-electron chi connectivity index (χ3n) is 1.92. The number of likely N-dealkylation sites (N-methyl/N-ethyl adjacent to an activating group) is 1. The molecule has 0 bridgehead atoms. The van der Waals surface area contributed by atoms with E-state index in [9.17, 15) is 4.79 Å². The second kappa shape index (κ2) is 5.00. The molecule has 0 aliphatic heterocycles. The number of nitrogens with one attached hydrogen (secondary N) is 2. The monoisotopic (exact) mass is 256 g/mol. The summed E-state index contributed by atoms with van der Waals surface area (Å²) in [4.78, 5) is 11.0. The average molecular weight is 257 g/mol. The lowest BCUT2D eigenvalue weighted by Crippen LogP contribution is -2.26. The predicted molar refractivity (Wildman–Crippen MR) is 61.4 cm³/mol. The van der Waals surface area contributed by atoms with Crippen LogP contribution in [-0.4, -0.2) is 19.5 Å². The summed E-state index contributed by atoms with van der Waals surface area (Å²) >= 11 is 3.38. The zero-order valence-corrected chi connectivity index (χ0v) is 9.81. The number of benzene rings is 1. The molecule has 1 rings (SSSR count). The van der Waals surface area contributed by atoms with Crippen molar-refractivity contribution >= 4 is 27.5 Å². The summed E-state index contributed by atoms with van der Waals surface area (Å²) in [6, 6.07) is 5.93. The van der Waals surface area contributed by atoms with Crippen molar-refractivity contribution in [3.63, 3.8) is 0 Å². The molecule has 0 radical (unpaired) electrons. The van der Waals surface area contributed by atoms with E-state index in [1.54, 1.807) is 7.05 Å². The summed E-state index contributed by atoms with van der Waals surface area (Å²) in [5.74, 6) is -0.0237. The molecule has 1 amide bonds. The highest BCUT2D eigenvalue weighted by Gasteiger charge is 2.01. The van der Waals surface area contributed by atoms with Crippen LogP contribution in [0.3, 0.4) is 0 Å². The minimum atomic E-state index is -0.0237. The molecule has 0 aliphatic carbocycles. The molecule has 0 fully saturated rings. The molecule has 1 aromatic carbocycles. The molecule has 4 heteroatoms. The van der Waals surface area contributed by atoms with Gasteiger partial charge in [0.05, 0.1) is 6.54 Å². The number of hydrogen-bond donors (Lipinski definition) is 2. The van der Waals surface area contributed by atoms with Gasteiger partial charge in [-0.15, -0.1) is 0 Å². The van der Waals surface area contributed by atoms with Crippen molar-refractivity contribution in [3.05, 3.63) is 28.2 Å². The van der Waals surface area contributed by atoms with E-state index in [0.717, 1.165) is 15.7 Å². The Kier molecular flexibility index (Phi) is 3.95. The molecule has 0 aromatic heterocycles. The van der Waals surface area contributed by atoms with Crippen molar-refractivity contribution in [1.82, 2.24) is 5.32 Å². The van der Waals surface area contributed by atoms with Gasteiger partial charge in [0.1, 0.15) is 0 Å². The Bertz CT molecular complexity index is 339. The first-order valence-electron chi connectivity index (χ1n) is 4.34. The number of carbonyl (C=O) groups excluding carboxylic acids is 1. The third-order valence-corrected chi connectivity index (χ3v) is 2.41. The molecule has 0 saturated carbocycles. The smallest absolute Gasteiger partial charge is 0.239 e. The molecule has 2 N–H and O–H groups in total. The molecule has 0 heterocycles. The van der Waals surface area contributed by atoms with Gasteiger partial charge in [-0.2, -0.15) is 0 Å². The fraction of sp³-hybridized carbons (Fsp3) is 0.300. The van der Waals surface area contributed by atoms with Crippen LogP contribution in [0.1, 0.15) is 5.56 Å². The van der Waals surface area contributed by atoms with E-state index in [1.807, 2.05) is 25.1 Å². The minimum absolute atomic E-state index is 0.0237. The fourth-order valence-electron chi connectivity index (χ4n) is 1.05. The van der Waals surface area contributed by atoms with Crippen LogP contribution in [0.2, 0.25) is 0 Å². The topological polar surface area (TPSA) is 41.1 Å². The molecule has 0 atom stereocenters. The quantitative estimate of drug-likeness (QED) is 0.868. The van der Waals surface area contributed by atoms with Gasteiger partial charge in [0.25, 0.3) is 0 Å². The number of amides is 1. The molecule has 0 spiro atoms. The van der Waals surface area contributed by atoms with Gasteiger partial charge in [-0.3, -0.25) is 4.79 Å². The zero-order valence-electron chi connectivity index (χ0n) is 8.23. The maximum Gasteiger partial charge on any atom is 0.239 e. The summed E-state index contributed by atoms with van der Waals surface area (Å²) < 4.78 is 1.00. The second-order valence-electron chi connectivity index (χ2n) is 2.99. The molecule has 14 heavy (non-hydrogen) atoms. The van der Waals surface area contributed by atoms with E-state index in [-0.39, 0.29) is 5.91 Å². The standard InChI is InChI=1S/C10H13BrN2O/c1-7-3-4-8(11)5-9(7)13-6-10(14)12-2/h3-5,13H,6H2,1-2H3,(H,12,14). The SMILES string of the molecule is CNC(=O)CNc1cc(Br)ccc1C. The van der Waals surface area contributed by atoms with Crippen LogP contribution in [0, 0.1) is 6.92 Å². The van der Waals surface area contributed by atoms with Crippen LogP contribution < -0.4 is 10.6 Å². The van der Waals surface area contributed by atoms with Gasteiger partial charge in [-0.05, 0) is 24.6 Å². The van der Waals surface area contributed by atoms with E-state index >= 15 is 0 Å². The van der Waals surface area contributed by atoms with Gasteiger partial charge in [0.15, 0.2) is 0 Å². The Hall–Kier alpha value is -1.03. The van der Waals surface area contributed by atoms with Crippen molar-refractivity contribution in [2.75, 3.05) is 18.9 Å². The van der Waals surface area contributed by atoms with Gasteiger partial charge < -0.3 is 10.6 Å². The van der Waals surface area contributed by atoms with E-state index in [4.69, 9.17) is 0 Å². The third kappa shape index (κ3) is 3.03. The van der Waals surface area contributed by atoms with Crippen LogP contribution in [0.5, 0.6) is 0 Å². The molecule has 0 saturated heterocycles. The summed E-state index contributed by atoms with van der Waals surface area (Å²) in [5.41, 5.74) is 2.10. The van der Waals surface area contributed by atoms with Crippen LogP contribution in [0.25, 0.3) is 0 Å².